The maximum Gasteiger partial charge on any atom is 0.302 e. The van der Waals surface area contributed by atoms with Crippen molar-refractivity contribution in [2.45, 2.75) is 27.4 Å². The molecule has 1 aliphatic rings. The standard InChI is InChI=1S/C27H25FN2O6/c1-4-34-25-14-20(7-10-24(25)36-16-19-5-8-21(28)9-6-19)13-22-17(2)23(15-29)27(33)30(26(22)32)11-12-35-18(3)31/h5-10,13-14H,4,11-12,16H2,1-3H3/b22-13+. The van der Waals surface area contributed by atoms with E-state index >= 15 is 0 Å². The summed E-state index contributed by atoms with van der Waals surface area (Å²) in [6.07, 6.45) is 1.56. The molecule has 9 heteroatoms. The topological polar surface area (TPSA) is 106 Å². The summed E-state index contributed by atoms with van der Waals surface area (Å²) >= 11 is 0. The van der Waals surface area contributed by atoms with Crippen LogP contribution in [-0.4, -0.2) is 42.4 Å². The Hall–Kier alpha value is -4.45. The third kappa shape index (κ3) is 6.16. The predicted molar refractivity (Wildman–Crippen MR) is 128 cm³/mol. The second-order valence-corrected chi connectivity index (χ2v) is 7.83. The summed E-state index contributed by atoms with van der Waals surface area (Å²) in [5.41, 5.74) is 1.62. The van der Waals surface area contributed by atoms with Crippen molar-refractivity contribution in [1.29, 1.82) is 5.26 Å². The molecule has 3 rings (SSSR count). The van der Waals surface area contributed by atoms with Gasteiger partial charge in [-0.15, -0.1) is 0 Å². The normalized spacial score (nSPS) is 14.6. The Balaban J connectivity index is 1.90. The number of hydrogen-bond acceptors (Lipinski definition) is 7. The summed E-state index contributed by atoms with van der Waals surface area (Å²) in [6, 6.07) is 12.9. The highest BCUT2D eigenvalue weighted by Crippen LogP contribution is 2.32. The van der Waals surface area contributed by atoms with Gasteiger partial charge in [0, 0.05) is 12.5 Å². The van der Waals surface area contributed by atoms with Crippen LogP contribution < -0.4 is 9.47 Å². The summed E-state index contributed by atoms with van der Waals surface area (Å²) in [5, 5.41) is 9.52. The fourth-order valence-electron chi connectivity index (χ4n) is 3.52. The lowest BCUT2D eigenvalue weighted by molar-refractivity contribution is -0.147. The van der Waals surface area contributed by atoms with Crippen molar-refractivity contribution in [2.75, 3.05) is 19.8 Å². The van der Waals surface area contributed by atoms with Crippen LogP contribution in [0.1, 0.15) is 31.9 Å². The zero-order valence-corrected chi connectivity index (χ0v) is 20.2. The summed E-state index contributed by atoms with van der Waals surface area (Å²) in [4.78, 5) is 37.7. The third-order valence-electron chi connectivity index (χ3n) is 5.33. The highest BCUT2D eigenvalue weighted by Gasteiger charge is 2.35. The Bertz CT molecular complexity index is 1270. The first-order valence-electron chi connectivity index (χ1n) is 11.2. The van der Waals surface area contributed by atoms with Crippen LogP contribution in [0.4, 0.5) is 4.39 Å². The Morgan fingerprint density at radius 3 is 2.44 bits per heavy atom. The van der Waals surface area contributed by atoms with Crippen LogP contribution >= 0.6 is 0 Å². The fraction of sp³-hybridized carbons (Fsp3) is 0.259. The number of esters is 1. The number of ether oxygens (including phenoxy) is 3. The third-order valence-corrected chi connectivity index (χ3v) is 5.33. The van der Waals surface area contributed by atoms with Crippen molar-refractivity contribution in [1.82, 2.24) is 4.90 Å². The lowest BCUT2D eigenvalue weighted by atomic mass is 9.93. The van der Waals surface area contributed by atoms with Crippen molar-refractivity contribution >= 4 is 23.9 Å². The monoisotopic (exact) mass is 492 g/mol. The van der Waals surface area contributed by atoms with Gasteiger partial charge in [-0.3, -0.25) is 19.3 Å². The van der Waals surface area contributed by atoms with Gasteiger partial charge in [0.15, 0.2) is 11.5 Å². The molecule has 2 aromatic carbocycles. The maximum atomic E-state index is 13.1. The van der Waals surface area contributed by atoms with Crippen LogP contribution in [0.5, 0.6) is 11.5 Å². The molecular formula is C27H25FN2O6. The van der Waals surface area contributed by atoms with E-state index in [4.69, 9.17) is 14.2 Å². The van der Waals surface area contributed by atoms with Crippen LogP contribution in [-0.2, 0) is 25.7 Å². The molecule has 0 atom stereocenters. The van der Waals surface area contributed by atoms with E-state index in [0.29, 0.717) is 23.7 Å². The van der Waals surface area contributed by atoms with Gasteiger partial charge in [-0.25, -0.2) is 4.39 Å². The van der Waals surface area contributed by atoms with Crippen LogP contribution in [0.3, 0.4) is 0 Å². The minimum absolute atomic E-state index is 0.159. The number of amides is 2. The lowest BCUT2D eigenvalue weighted by Gasteiger charge is -2.27. The first kappa shape index (κ1) is 26.2. The van der Waals surface area contributed by atoms with E-state index in [2.05, 4.69) is 0 Å². The number of benzene rings is 2. The number of nitrogens with zero attached hydrogens (tertiary/aromatic N) is 2. The molecule has 1 aliphatic heterocycles. The summed E-state index contributed by atoms with van der Waals surface area (Å²) in [5.74, 6) is -1.32. The van der Waals surface area contributed by atoms with Crippen molar-refractivity contribution in [3.05, 3.63) is 76.1 Å². The van der Waals surface area contributed by atoms with Crippen molar-refractivity contribution in [3.8, 4) is 17.6 Å². The molecule has 0 N–H and O–H groups in total. The number of nitriles is 1. The van der Waals surface area contributed by atoms with E-state index in [1.165, 1.54) is 26.0 Å². The number of carbonyl (C=O) groups excluding carboxylic acids is 3. The molecule has 0 aliphatic carbocycles. The number of rotatable bonds is 9. The molecule has 0 saturated carbocycles. The molecule has 0 bridgehead atoms. The van der Waals surface area contributed by atoms with E-state index < -0.39 is 17.8 Å². The molecule has 1 heterocycles. The van der Waals surface area contributed by atoms with Crippen molar-refractivity contribution in [2.24, 2.45) is 0 Å². The Morgan fingerprint density at radius 1 is 1.08 bits per heavy atom. The van der Waals surface area contributed by atoms with E-state index in [9.17, 15) is 24.0 Å². The Morgan fingerprint density at radius 2 is 1.81 bits per heavy atom. The van der Waals surface area contributed by atoms with Crippen LogP contribution in [0, 0.1) is 17.1 Å². The molecule has 0 radical (unpaired) electrons. The van der Waals surface area contributed by atoms with E-state index in [0.717, 1.165) is 10.5 Å². The molecule has 186 valence electrons. The van der Waals surface area contributed by atoms with Gasteiger partial charge in [-0.1, -0.05) is 18.2 Å². The molecule has 0 fully saturated rings. The number of hydrogen-bond donors (Lipinski definition) is 0. The molecular weight excluding hydrogens is 467 g/mol. The zero-order chi connectivity index (χ0) is 26.2. The molecule has 8 nitrogen and oxygen atoms in total. The predicted octanol–water partition coefficient (Wildman–Crippen LogP) is 3.96. The molecule has 2 amide bonds. The minimum atomic E-state index is -0.733. The SMILES string of the molecule is CCOc1cc(/C=C2/C(=O)N(CCOC(C)=O)C(=O)C(C#N)=C2C)ccc1OCc1ccc(F)cc1. The van der Waals surface area contributed by atoms with Crippen LogP contribution in [0.25, 0.3) is 6.08 Å². The molecule has 0 spiro atoms. The van der Waals surface area contributed by atoms with Gasteiger partial charge in [-0.05, 0) is 60.9 Å². The number of halogens is 1. The van der Waals surface area contributed by atoms with Gasteiger partial charge in [-0.2, -0.15) is 5.26 Å². The number of imide groups is 1. The molecule has 0 aromatic heterocycles. The highest BCUT2D eigenvalue weighted by atomic mass is 19.1. The molecule has 2 aromatic rings. The van der Waals surface area contributed by atoms with Gasteiger partial charge in [0.1, 0.15) is 30.7 Å². The zero-order valence-electron chi connectivity index (χ0n) is 20.2. The van der Waals surface area contributed by atoms with E-state index in [-0.39, 0.29) is 42.3 Å². The first-order chi connectivity index (χ1) is 17.2. The smallest absolute Gasteiger partial charge is 0.302 e. The quantitative estimate of drug-likeness (QED) is 0.296. The Kier molecular flexibility index (Phi) is 8.57. The van der Waals surface area contributed by atoms with Gasteiger partial charge in [0.25, 0.3) is 11.8 Å². The summed E-state index contributed by atoms with van der Waals surface area (Å²) in [7, 11) is 0. The average Bonchev–Trinajstić information content (AvgIpc) is 2.85. The average molecular weight is 493 g/mol. The largest absolute Gasteiger partial charge is 0.490 e. The van der Waals surface area contributed by atoms with Gasteiger partial charge >= 0.3 is 5.97 Å². The van der Waals surface area contributed by atoms with Gasteiger partial charge in [0.2, 0.25) is 0 Å². The number of carbonyl (C=O) groups is 3. The van der Waals surface area contributed by atoms with Gasteiger partial charge < -0.3 is 14.2 Å². The summed E-state index contributed by atoms with van der Waals surface area (Å²) in [6.45, 7) is 4.79. The summed E-state index contributed by atoms with van der Waals surface area (Å²) < 4.78 is 29.6. The van der Waals surface area contributed by atoms with E-state index in [1.54, 1.807) is 36.4 Å². The minimum Gasteiger partial charge on any atom is -0.490 e. The molecule has 0 saturated heterocycles. The molecule has 0 unspecified atom stereocenters. The van der Waals surface area contributed by atoms with Crippen LogP contribution in [0.15, 0.2) is 59.2 Å². The highest BCUT2D eigenvalue weighted by molar-refractivity contribution is 6.19. The van der Waals surface area contributed by atoms with Crippen molar-refractivity contribution in [3.63, 3.8) is 0 Å². The van der Waals surface area contributed by atoms with Gasteiger partial charge in [0.05, 0.1) is 13.2 Å². The second-order valence-electron chi connectivity index (χ2n) is 7.83. The molecule has 36 heavy (non-hydrogen) atoms. The lowest BCUT2D eigenvalue weighted by Crippen LogP contribution is -2.44. The maximum absolute atomic E-state index is 13.1. The van der Waals surface area contributed by atoms with E-state index in [1.807, 2.05) is 13.0 Å². The van der Waals surface area contributed by atoms with Crippen LogP contribution in [0.2, 0.25) is 0 Å². The van der Waals surface area contributed by atoms with Crippen molar-refractivity contribution < 1.29 is 33.0 Å². The first-order valence-corrected chi connectivity index (χ1v) is 11.2. The second kappa shape index (κ2) is 11.8. The Labute approximate surface area is 208 Å². The fourth-order valence-corrected chi connectivity index (χ4v) is 3.52.